The number of ether oxygens (including phenoxy) is 1. The number of anilines is 2. The molecule has 0 aromatic heterocycles. The van der Waals surface area contributed by atoms with Gasteiger partial charge in [0, 0.05) is 26.2 Å². The minimum atomic E-state index is -4.47. The Hall–Kier alpha value is -1.96. The Kier molecular flexibility index (Phi) is 5.35. The molecule has 128 valence electrons. The van der Waals surface area contributed by atoms with E-state index >= 15 is 0 Å². The fraction of sp³-hybridized carbons (Fsp3) is 0.533. The number of nitrogens with one attached hydrogen (secondary N) is 1. The molecule has 23 heavy (non-hydrogen) atoms. The molecule has 8 heteroatoms. The summed E-state index contributed by atoms with van der Waals surface area (Å²) in [6.45, 7) is 4.75. The summed E-state index contributed by atoms with van der Waals surface area (Å²) in [6, 6.07) is 3.38. The van der Waals surface area contributed by atoms with E-state index in [9.17, 15) is 18.0 Å². The third-order valence-electron chi connectivity index (χ3n) is 3.68. The highest BCUT2D eigenvalue weighted by Gasteiger charge is 2.32. The largest absolute Gasteiger partial charge is 0.450 e. The first-order chi connectivity index (χ1) is 10.8. The lowest BCUT2D eigenvalue weighted by molar-refractivity contribution is -0.137. The molecule has 0 radical (unpaired) electrons. The lowest BCUT2D eigenvalue weighted by atomic mass is 10.1. The van der Waals surface area contributed by atoms with Gasteiger partial charge in [0.1, 0.15) is 0 Å². The molecule has 1 fully saturated rings. The molecule has 2 rings (SSSR count). The molecule has 1 saturated heterocycles. The quantitative estimate of drug-likeness (QED) is 0.925. The van der Waals surface area contributed by atoms with E-state index in [2.05, 4.69) is 10.2 Å². The zero-order valence-electron chi connectivity index (χ0n) is 13.1. The highest BCUT2D eigenvalue weighted by Crippen LogP contribution is 2.35. The van der Waals surface area contributed by atoms with Crippen molar-refractivity contribution in [3.63, 3.8) is 0 Å². The van der Waals surface area contributed by atoms with Crippen molar-refractivity contribution in [2.75, 3.05) is 50.1 Å². The van der Waals surface area contributed by atoms with Crippen molar-refractivity contribution >= 4 is 17.5 Å². The molecule has 1 amide bonds. The molecule has 0 unspecified atom stereocenters. The zero-order valence-corrected chi connectivity index (χ0v) is 13.1. The van der Waals surface area contributed by atoms with Gasteiger partial charge in [-0.05, 0) is 32.2 Å². The number of carbonyl (C=O) groups is 1. The average molecular weight is 331 g/mol. The standard InChI is InChI=1S/C15H20F3N3O2/c1-3-23-14(22)19-12-10-11(15(16,17)18)4-5-13(12)21-8-6-20(2)7-9-21/h4-5,10H,3,6-9H2,1-2H3,(H,19,22). The number of halogens is 3. The van der Waals surface area contributed by atoms with Gasteiger partial charge in [-0.3, -0.25) is 5.32 Å². The van der Waals surface area contributed by atoms with Crippen molar-refractivity contribution in [3.8, 4) is 0 Å². The molecular formula is C15H20F3N3O2. The van der Waals surface area contributed by atoms with Gasteiger partial charge in [0.2, 0.25) is 0 Å². The summed E-state index contributed by atoms with van der Waals surface area (Å²) in [4.78, 5) is 15.7. The summed E-state index contributed by atoms with van der Waals surface area (Å²) in [5.41, 5.74) is -0.121. The third kappa shape index (κ3) is 4.51. The Balaban J connectivity index is 2.30. The van der Waals surface area contributed by atoms with Crippen LogP contribution in [0.4, 0.5) is 29.3 Å². The molecule has 1 aliphatic heterocycles. The van der Waals surface area contributed by atoms with Crippen LogP contribution < -0.4 is 10.2 Å². The van der Waals surface area contributed by atoms with Crippen LogP contribution in [0.5, 0.6) is 0 Å². The fourth-order valence-corrected chi connectivity index (χ4v) is 2.41. The summed E-state index contributed by atoms with van der Waals surface area (Å²) >= 11 is 0. The van der Waals surface area contributed by atoms with E-state index < -0.39 is 17.8 Å². The molecule has 0 atom stereocenters. The van der Waals surface area contributed by atoms with Crippen LogP contribution in [0.25, 0.3) is 0 Å². The number of hydrogen-bond acceptors (Lipinski definition) is 4. The molecule has 1 aliphatic rings. The summed E-state index contributed by atoms with van der Waals surface area (Å²) in [7, 11) is 1.99. The van der Waals surface area contributed by atoms with Crippen LogP contribution in [0.15, 0.2) is 18.2 Å². The first kappa shape index (κ1) is 17.4. The van der Waals surface area contributed by atoms with Crippen molar-refractivity contribution in [1.82, 2.24) is 4.90 Å². The number of nitrogens with zero attached hydrogens (tertiary/aromatic N) is 2. The van der Waals surface area contributed by atoms with Crippen LogP contribution in [0.3, 0.4) is 0 Å². The van der Waals surface area contributed by atoms with E-state index in [0.717, 1.165) is 25.2 Å². The van der Waals surface area contributed by atoms with E-state index in [0.29, 0.717) is 18.8 Å². The Morgan fingerprint density at radius 2 is 1.91 bits per heavy atom. The predicted molar refractivity (Wildman–Crippen MR) is 81.8 cm³/mol. The first-order valence-corrected chi connectivity index (χ1v) is 7.39. The van der Waals surface area contributed by atoms with Gasteiger partial charge < -0.3 is 14.5 Å². The van der Waals surface area contributed by atoms with E-state index in [1.165, 1.54) is 6.07 Å². The van der Waals surface area contributed by atoms with Crippen LogP contribution in [0, 0.1) is 0 Å². The number of alkyl halides is 3. The van der Waals surface area contributed by atoms with Crippen molar-refractivity contribution in [2.45, 2.75) is 13.1 Å². The fourth-order valence-electron chi connectivity index (χ4n) is 2.41. The highest BCUT2D eigenvalue weighted by atomic mass is 19.4. The van der Waals surface area contributed by atoms with Gasteiger partial charge in [0.15, 0.2) is 0 Å². The molecule has 1 N–H and O–H groups in total. The summed E-state index contributed by atoms with van der Waals surface area (Å²) < 4.78 is 43.5. The van der Waals surface area contributed by atoms with Crippen molar-refractivity contribution in [2.24, 2.45) is 0 Å². The van der Waals surface area contributed by atoms with Gasteiger partial charge in [-0.1, -0.05) is 0 Å². The van der Waals surface area contributed by atoms with Gasteiger partial charge >= 0.3 is 12.3 Å². The van der Waals surface area contributed by atoms with Crippen LogP contribution in [-0.2, 0) is 10.9 Å². The molecule has 5 nitrogen and oxygen atoms in total. The summed E-state index contributed by atoms with van der Waals surface area (Å²) in [5.74, 6) is 0. The molecule has 0 aliphatic carbocycles. The molecule has 1 aromatic rings. The van der Waals surface area contributed by atoms with Crippen LogP contribution >= 0.6 is 0 Å². The SMILES string of the molecule is CCOC(=O)Nc1cc(C(F)(F)F)ccc1N1CCN(C)CC1. The second-order valence-corrected chi connectivity index (χ2v) is 5.37. The van der Waals surface area contributed by atoms with E-state index in [1.54, 1.807) is 6.92 Å². The molecular weight excluding hydrogens is 311 g/mol. The highest BCUT2D eigenvalue weighted by molar-refractivity contribution is 5.90. The van der Waals surface area contributed by atoms with Crippen LogP contribution in [-0.4, -0.2) is 50.8 Å². The Labute approximate surface area is 133 Å². The molecule has 0 saturated carbocycles. The second-order valence-electron chi connectivity index (χ2n) is 5.37. The monoisotopic (exact) mass is 331 g/mol. The predicted octanol–water partition coefficient (Wildman–Crippen LogP) is 3.03. The third-order valence-corrected chi connectivity index (χ3v) is 3.68. The summed E-state index contributed by atoms with van der Waals surface area (Å²) in [5, 5.41) is 2.42. The number of hydrogen-bond donors (Lipinski definition) is 1. The Morgan fingerprint density at radius 3 is 2.48 bits per heavy atom. The Bertz CT molecular complexity index is 555. The molecule has 1 heterocycles. The smallest absolute Gasteiger partial charge is 0.416 e. The number of likely N-dealkylation sites (N-methyl/N-ethyl adjacent to an activating group) is 1. The minimum Gasteiger partial charge on any atom is -0.450 e. The van der Waals surface area contributed by atoms with Crippen molar-refractivity contribution in [3.05, 3.63) is 23.8 Å². The lowest BCUT2D eigenvalue weighted by Gasteiger charge is -2.35. The number of carbonyl (C=O) groups excluding carboxylic acids is 1. The Morgan fingerprint density at radius 1 is 1.26 bits per heavy atom. The van der Waals surface area contributed by atoms with Crippen molar-refractivity contribution in [1.29, 1.82) is 0 Å². The summed E-state index contributed by atoms with van der Waals surface area (Å²) in [6.07, 6.45) is -5.23. The first-order valence-electron chi connectivity index (χ1n) is 7.39. The maximum absolute atomic E-state index is 12.9. The van der Waals surface area contributed by atoms with E-state index in [4.69, 9.17) is 4.74 Å². The van der Waals surface area contributed by atoms with E-state index in [-0.39, 0.29) is 12.3 Å². The van der Waals surface area contributed by atoms with Crippen LogP contribution in [0.2, 0.25) is 0 Å². The van der Waals surface area contributed by atoms with E-state index in [1.807, 2.05) is 11.9 Å². The number of piperazine rings is 1. The topological polar surface area (TPSA) is 44.8 Å². The molecule has 0 spiro atoms. The van der Waals surface area contributed by atoms with Gasteiger partial charge in [-0.2, -0.15) is 13.2 Å². The maximum atomic E-state index is 12.9. The molecule has 1 aromatic carbocycles. The van der Waals surface area contributed by atoms with Gasteiger partial charge in [0.25, 0.3) is 0 Å². The van der Waals surface area contributed by atoms with Gasteiger partial charge in [-0.25, -0.2) is 4.79 Å². The number of amides is 1. The number of rotatable bonds is 3. The zero-order chi connectivity index (χ0) is 17.0. The molecule has 0 bridgehead atoms. The van der Waals surface area contributed by atoms with Crippen LogP contribution in [0.1, 0.15) is 12.5 Å². The average Bonchev–Trinajstić information content (AvgIpc) is 2.47. The number of benzene rings is 1. The lowest BCUT2D eigenvalue weighted by Crippen LogP contribution is -2.44. The normalized spacial score (nSPS) is 16.3. The van der Waals surface area contributed by atoms with Crippen molar-refractivity contribution < 1.29 is 22.7 Å². The van der Waals surface area contributed by atoms with Gasteiger partial charge in [-0.15, -0.1) is 0 Å². The minimum absolute atomic E-state index is 0.114. The van der Waals surface area contributed by atoms with Gasteiger partial charge in [0.05, 0.1) is 23.5 Å². The maximum Gasteiger partial charge on any atom is 0.416 e. The second kappa shape index (κ2) is 7.08.